The van der Waals surface area contributed by atoms with Crippen LogP contribution in [0.4, 0.5) is 5.82 Å². The third-order valence-electron chi connectivity index (χ3n) is 2.60. The van der Waals surface area contributed by atoms with Crippen molar-refractivity contribution in [3.63, 3.8) is 0 Å². The van der Waals surface area contributed by atoms with Gasteiger partial charge in [-0.3, -0.25) is 4.79 Å². The maximum atomic E-state index is 10.9. The fourth-order valence-corrected chi connectivity index (χ4v) is 1.70. The van der Waals surface area contributed by atoms with E-state index < -0.39 is 24.4 Å². The average molecular weight is 260 g/mol. The number of benzene rings is 1. The molecule has 0 bridgehead atoms. The van der Waals surface area contributed by atoms with Crippen molar-refractivity contribution in [1.29, 1.82) is 0 Å². The van der Waals surface area contributed by atoms with Crippen LogP contribution in [0.15, 0.2) is 36.4 Å². The predicted molar refractivity (Wildman–Crippen MR) is 69.0 cm³/mol. The Labute approximate surface area is 108 Å². The second-order valence-corrected chi connectivity index (χ2v) is 4.02. The third kappa shape index (κ3) is 3.19. The van der Waals surface area contributed by atoms with Crippen molar-refractivity contribution in [3.8, 4) is 0 Å². The minimum absolute atomic E-state index is 0.340. The maximum Gasteiger partial charge on any atom is 0.326 e. The summed E-state index contributed by atoms with van der Waals surface area (Å²) in [5.74, 6) is -2.06. The van der Waals surface area contributed by atoms with Crippen LogP contribution in [-0.2, 0) is 9.59 Å². The molecule has 1 atom stereocenters. The van der Waals surface area contributed by atoms with E-state index >= 15 is 0 Å². The second-order valence-electron chi connectivity index (χ2n) is 4.02. The molecule has 3 N–H and O–H groups in total. The number of hydrogen-bond acceptors (Lipinski definition) is 4. The normalized spacial score (nSPS) is 12.0. The molecule has 6 nitrogen and oxygen atoms in total. The monoisotopic (exact) mass is 260 g/mol. The van der Waals surface area contributed by atoms with Gasteiger partial charge in [0.25, 0.3) is 0 Å². The second kappa shape index (κ2) is 5.34. The van der Waals surface area contributed by atoms with Gasteiger partial charge in [0.2, 0.25) is 0 Å². The number of carbonyl (C=O) groups is 2. The van der Waals surface area contributed by atoms with E-state index in [-0.39, 0.29) is 0 Å². The molecule has 19 heavy (non-hydrogen) atoms. The van der Waals surface area contributed by atoms with Gasteiger partial charge in [-0.2, -0.15) is 0 Å². The van der Waals surface area contributed by atoms with Gasteiger partial charge in [-0.25, -0.2) is 9.78 Å². The zero-order chi connectivity index (χ0) is 13.8. The van der Waals surface area contributed by atoms with E-state index in [1.165, 1.54) is 0 Å². The summed E-state index contributed by atoms with van der Waals surface area (Å²) in [5, 5.41) is 21.1. The van der Waals surface area contributed by atoms with Gasteiger partial charge < -0.3 is 15.5 Å². The molecule has 98 valence electrons. The molecule has 0 amide bonds. The Bertz CT molecular complexity index is 627. The number of nitrogens with one attached hydrogen (secondary N) is 1. The number of para-hydroxylation sites is 1. The topological polar surface area (TPSA) is 99.5 Å². The number of aromatic nitrogens is 1. The number of carboxylic acid groups (broad SMARTS) is 2. The van der Waals surface area contributed by atoms with Crippen molar-refractivity contribution in [3.05, 3.63) is 36.4 Å². The van der Waals surface area contributed by atoms with E-state index in [1.807, 2.05) is 18.2 Å². The average Bonchev–Trinajstić information content (AvgIpc) is 2.37. The van der Waals surface area contributed by atoms with Crippen molar-refractivity contribution in [2.75, 3.05) is 5.32 Å². The van der Waals surface area contributed by atoms with E-state index in [1.54, 1.807) is 18.2 Å². The van der Waals surface area contributed by atoms with Crippen LogP contribution in [0.3, 0.4) is 0 Å². The van der Waals surface area contributed by atoms with Crippen molar-refractivity contribution in [2.24, 2.45) is 0 Å². The highest BCUT2D eigenvalue weighted by Crippen LogP contribution is 2.15. The Morgan fingerprint density at radius 3 is 2.58 bits per heavy atom. The van der Waals surface area contributed by atoms with Gasteiger partial charge in [0.15, 0.2) is 0 Å². The Morgan fingerprint density at radius 2 is 1.89 bits per heavy atom. The molecule has 1 heterocycles. The van der Waals surface area contributed by atoms with Crippen molar-refractivity contribution >= 4 is 28.7 Å². The lowest BCUT2D eigenvalue weighted by Crippen LogP contribution is -2.32. The van der Waals surface area contributed by atoms with Crippen molar-refractivity contribution < 1.29 is 19.8 Å². The quantitative estimate of drug-likeness (QED) is 0.754. The van der Waals surface area contributed by atoms with E-state index in [4.69, 9.17) is 10.2 Å². The Balaban J connectivity index is 2.23. The summed E-state index contributed by atoms with van der Waals surface area (Å²) >= 11 is 0. The molecule has 2 aromatic rings. The van der Waals surface area contributed by atoms with Gasteiger partial charge in [0.1, 0.15) is 11.9 Å². The summed E-state index contributed by atoms with van der Waals surface area (Å²) in [7, 11) is 0. The molecule has 0 aliphatic carbocycles. The lowest BCUT2D eigenvalue weighted by Gasteiger charge is -2.13. The highest BCUT2D eigenvalue weighted by atomic mass is 16.4. The summed E-state index contributed by atoms with van der Waals surface area (Å²) < 4.78 is 0. The number of fused-ring (bicyclic) bond motifs is 1. The molecule has 6 heteroatoms. The van der Waals surface area contributed by atoms with E-state index in [9.17, 15) is 9.59 Å². The smallest absolute Gasteiger partial charge is 0.326 e. The summed E-state index contributed by atoms with van der Waals surface area (Å²) in [6.07, 6.45) is -0.510. The van der Waals surface area contributed by atoms with Crippen LogP contribution in [0, 0.1) is 0 Å². The maximum absolute atomic E-state index is 10.9. The molecule has 0 aliphatic heterocycles. The Hall–Kier alpha value is -2.63. The van der Waals surface area contributed by atoms with Gasteiger partial charge in [-0.15, -0.1) is 0 Å². The minimum Gasteiger partial charge on any atom is -0.481 e. The zero-order valence-electron chi connectivity index (χ0n) is 9.91. The van der Waals surface area contributed by atoms with Crippen molar-refractivity contribution in [1.82, 2.24) is 4.98 Å². The molecule has 1 unspecified atom stereocenters. The molecule has 0 saturated heterocycles. The fourth-order valence-electron chi connectivity index (χ4n) is 1.70. The first-order valence-corrected chi connectivity index (χ1v) is 5.63. The van der Waals surface area contributed by atoms with Gasteiger partial charge >= 0.3 is 11.9 Å². The first-order chi connectivity index (χ1) is 9.06. The number of hydrogen-bond donors (Lipinski definition) is 3. The Kier molecular flexibility index (Phi) is 3.61. The Morgan fingerprint density at radius 1 is 1.16 bits per heavy atom. The molecular weight excluding hydrogens is 248 g/mol. The first kappa shape index (κ1) is 12.8. The zero-order valence-corrected chi connectivity index (χ0v) is 9.91. The first-order valence-electron chi connectivity index (χ1n) is 5.63. The number of aliphatic carboxylic acids is 2. The molecule has 0 radical (unpaired) electrons. The third-order valence-corrected chi connectivity index (χ3v) is 2.60. The summed E-state index contributed by atoms with van der Waals surface area (Å²) in [4.78, 5) is 25.8. The van der Waals surface area contributed by atoms with E-state index in [0.717, 1.165) is 5.39 Å². The number of carboxylic acids is 2. The largest absolute Gasteiger partial charge is 0.481 e. The van der Waals surface area contributed by atoms with Gasteiger partial charge in [-0.1, -0.05) is 18.2 Å². The highest BCUT2D eigenvalue weighted by molar-refractivity contribution is 5.84. The lowest BCUT2D eigenvalue weighted by molar-refractivity contribution is -0.144. The summed E-state index contributed by atoms with van der Waals surface area (Å²) in [6, 6.07) is 9.61. The molecular formula is C13H12N2O4. The van der Waals surface area contributed by atoms with Crippen LogP contribution in [0.25, 0.3) is 10.9 Å². The molecule has 0 spiro atoms. The summed E-state index contributed by atoms with van der Waals surface area (Å²) in [6.45, 7) is 0. The molecule has 0 fully saturated rings. The van der Waals surface area contributed by atoms with E-state index in [2.05, 4.69) is 10.3 Å². The standard InChI is InChI=1S/C13H12N2O4/c16-12(17)7-10(13(18)19)15-11-6-5-8-3-1-2-4-9(8)14-11/h1-6,10H,7H2,(H,14,15)(H,16,17)(H,18,19). The number of rotatable bonds is 5. The fraction of sp³-hybridized carbons (Fsp3) is 0.154. The van der Waals surface area contributed by atoms with Crippen LogP contribution in [-0.4, -0.2) is 33.2 Å². The minimum atomic E-state index is -1.22. The van der Waals surface area contributed by atoms with Gasteiger partial charge in [-0.05, 0) is 18.2 Å². The van der Waals surface area contributed by atoms with Crippen LogP contribution < -0.4 is 5.32 Å². The van der Waals surface area contributed by atoms with E-state index in [0.29, 0.717) is 11.3 Å². The molecule has 0 saturated carbocycles. The highest BCUT2D eigenvalue weighted by Gasteiger charge is 2.21. The molecule has 2 rings (SSSR count). The predicted octanol–water partition coefficient (Wildman–Crippen LogP) is 1.57. The molecule has 0 aliphatic rings. The van der Waals surface area contributed by atoms with Crippen molar-refractivity contribution in [2.45, 2.75) is 12.5 Å². The van der Waals surface area contributed by atoms with Gasteiger partial charge in [0.05, 0.1) is 11.9 Å². The van der Waals surface area contributed by atoms with Gasteiger partial charge in [0, 0.05) is 5.39 Å². The van der Waals surface area contributed by atoms with Crippen LogP contribution in [0.5, 0.6) is 0 Å². The van der Waals surface area contributed by atoms with Crippen LogP contribution in [0.2, 0.25) is 0 Å². The molecule has 1 aromatic heterocycles. The number of nitrogens with zero attached hydrogens (tertiary/aromatic N) is 1. The van der Waals surface area contributed by atoms with Crippen LogP contribution in [0.1, 0.15) is 6.42 Å². The summed E-state index contributed by atoms with van der Waals surface area (Å²) in [5.41, 5.74) is 0.715. The molecule has 1 aromatic carbocycles. The number of anilines is 1. The number of pyridine rings is 1. The SMILES string of the molecule is O=C(O)CC(Nc1ccc2ccccc2n1)C(=O)O. The lowest BCUT2D eigenvalue weighted by atomic mass is 10.2. The van der Waals surface area contributed by atoms with Crippen LogP contribution >= 0.6 is 0 Å².